The Morgan fingerprint density at radius 3 is 2.38 bits per heavy atom. The molecule has 2 rings (SSSR count). The van der Waals surface area contributed by atoms with Gasteiger partial charge in [0.25, 0.3) is 0 Å². The SMILES string of the molecule is CC(C)(C)C1=CCCC(C2CCCCC2)=C1. The highest BCUT2D eigenvalue weighted by Gasteiger charge is 2.22. The average Bonchev–Trinajstić information content (AvgIpc) is 2.29. The first-order valence-corrected chi connectivity index (χ1v) is 6.98. The number of allylic oxidation sites excluding steroid dienone is 4. The maximum atomic E-state index is 2.53. The van der Waals surface area contributed by atoms with Gasteiger partial charge in [0.15, 0.2) is 0 Å². The summed E-state index contributed by atoms with van der Waals surface area (Å²) in [5.41, 5.74) is 3.66. The van der Waals surface area contributed by atoms with E-state index in [1.807, 2.05) is 0 Å². The molecule has 0 aromatic carbocycles. The molecular weight excluding hydrogens is 192 g/mol. The first-order chi connectivity index (χ1) is 7.57. The summed E-state index contributed by atoms with van der Waals surface area (Å²) in [6.07, 6.45) is 14.8. The predicted octanol–water partition coefficient (Wildman–Crippen LogP) is 5.26. The Morgan fingerprint density at radius 1 is 1.06 bits per heavy atom. The lowest BCUT2D eigenvalue weighted by atomic mass is 9.76. The molecule has 0 aliphatic heterocycles. The van der Waals surface area contributed by atoms with Crippen LogP contribution in [0.25, 0.3) is 0 Å². The fourth-order valence-electron chi connectivity index (χ4n) is 3.04. The van der Waals surface area contributed by atoms with E-state index in [0.29, 0.717) is 5.41 Å². The molecule has 2 aliphatic rings. The Kier molecular flexibility index (Phi) is 3.56. The molecule has 0 amide bonds. The number of rotatable bonds is 1. The summed E-state index contributed by atoms with van der Waals surface area (Å²) >= 11 is 0. The van der Waals surface area contributed by atoms with Crippen molar-refractivity contribution in [2.75, 3.05) is 0 Å². The molecule has 0 aromatic rings. The van der Waals surface area contributed by atoms with E-state index >= 15 is 0 Å². The smallest absolute Gasteiger partial charge is 0.0135 e. The Balaban J connectivity index is 2.10. The molecule has 90 valence electrons. The minimum atomic E-state index is 0.334. The van der Waals surface area contributed by atoms with Gasteiger partial charge in [-0.3, -0.25) is 0 Å². The molecule has 0 unspecified atom stereocenters. The monoisotopic (exact) mass is 218 g/mol. The maximum Gasteiger partial charge on any atom is -0.0135 e. The largest absolute Gasteiger partial charge is 0.0805 e. The molecule has 0 atom stereocenters. The van der Waals surface area contributed by atoms with E-state index in [9.17, 15) is 0 Å². The molecule has 0 bridgehead atoms. The van der Waals surface area contributed by atoms with E-state index in [-0.39, 0.29) is 0 Å². The van der Waals surface area contributed by atoms with Crippen LogP contribution in [0, 0.1) is 11.3 Å². The predicted molar refractivity (Wildman–Crippen MR) is 71.4 cm³/mol. The van der Waals surface area contributed by atoms with Crippen molar-refractivity contribution in [1.82, 2.24) is 0 Å². The molecule has 0 radical (unpaired) electrons. The molecule has 0 nitrogen and oxygen atoms in total. The van der Waals surface area contributed by atoms with Crippen LogP contribution in [0.15, 0.2) is 23.3 Å². The van der Waals surface area contributed by atoms with Gasteiger partial charge in [0, 0.05) is 0 Å². The summed E-state index contributed by atoms with van der Waals surface area (Å²) in [5.74, 6) is 0.916. The first kappa shape index (κ1) is 12.0. The van der Waals surface area contributed by atoms with Gasteiger partial charge in [0.05, 0.1) is 0 Å². The van der Waals surface area contributed by atoms with Crippen LogP contribution in [-0.2, 0) is 0 Å². The lowest BCUT2D eigenvalue weighted by Gasteiger charge is -2.30. The summed E-state index contributed by atoms with van der Waals surface area (Å²) < 4.78 is 0. The average molecular weight is 218 g/mol. The molecular formula is C16H26. The first-order valence-electron chi connectivity index (χ1n) is 6.98. The molecule has 0 aromatic heterocycles. The van der Waals surface area contributed by atoms with Crippen molar-refractivity contribution in [3.63, 3.8) is 0 Å². The zero-order valence-electron chi connectivity index (χ0n) is 11.2. The third-order valence-corrected chi connectivity index (χ3v) is 4.13. The van der Waals surface area contributed by atoms with Gasteiger partial charge in [0.2, 0.25) is 0 Å². The number of hydrogen-bond acceptors (Lipinski definition) is 0. The van der Waals surface area contributed by atoms with Crippen molar-refractivity contribution in [3.05, 3.63) is 23.3 Å². The fourth-order valence-corrected chi connectivity index (χ4v) is 3.04. The molecule has 0 heterocycles. The lowest BCUT2D eigenvalue weighted by Crippen LogP contribution is -2.15. The molecule has 0 heteroatoms. The third kappa shape index (κ3) is 2.78. The van der Waals surface area contributed by atoms with Crippen molar-refractivity contribution < 1.29 is 0 Å². The van der Waals surface area contributed by atoms with Gasteiger partial charge < -0.3 is 0 Å². The van der Waals surface area contributed by atoms with Gasteiger partial charge in [-0.05, 0) is 42.6 Å². The summed E-state index contributed by atoms with van der Waals surface area (Å²) in [6.45, 7) is 7.00. The molecule has 0 spiro atoms. The van der Waals surface area contributed by atoms with Crippen molar-refractivity contribution in [3.8, 4) is 0 Å². The summed E-state index contributed by atoms with van der Waals surface area (Å²) in [5, 5.41) is 0. The van der Waals surface area contributed by atoms with E-state index in [1.165, 1.54) is 44.9 Å². The zero-order chi connectivity index (χ0) is 11.6. The van der Waals surface area contributed by atoms with Crippen molar-refractivity contribution in [2.45, 2.75) is 65.7 Å². The second-order valence-corrected chi connectivity index (χ2v) is 6.50. The minimum Gasteiger partial charge on any atom is -0.0805 e. The lowest BCUT2D eigenvalue weighted by molar-refractivity contribution is 0.391. The molecule has 1 saturated carbocycles. The van der Waals surface area contributed by atoms with Crippen LogP contribution in [0.2, 0.25) is 0 Å². The van der Waals surface area contributed by atoms with Crippen LogP contribution in [0.4, 0.5) is 0 Å². The second kappa shape index (κ2) is 4.77. The topological polar surface area (TPSA) is 0 Å². The molecule has 1 fully saturated rings. The van der Waals surface area contributed by atoms with Crippen molar-refractivity contribution in [1.29, 1.82) is 0 Å². The van der Waals surface area contributed by atoms with Crippen LogP contribution in [0.3, 0.4) is 0 Å². The Hall–Kier alpha value is -0.520. The minimum absolute atomic E-state index is 0.334. The standard InChI is InChI=1S/C16H26/c1-16(2,3)15-11-7-10-14(12-15)13-8-5-4-6-9-13/h11-13H,4-10H2,1-3H3. The van der Waals surface area contributed by atoms with Crippen LogP contribution < -0.4 is 0 Å². The Bertz CT molecular complexity index is 292. The van der Waals surface area contributed by atoms with Crippen LogP contribution in [-0.4, -0.2) is 0 Å². The normalized spacial score (nSPS) is 23.9. The third-order valence-electron chi connectivity index (χ3n) is 4.13. The van der Waals surface area contributed by atoms with Gasteiger partial charge in [-0.2, -0.15) is 0 Å². The molecule has 0 saturated heterocycles. The summed E-state index contributed by atoms with van der Waals surface area (Å²) in [6, 6.07) is 0. The summed E-state index contributed by atoms with van der Waals surface area (Å²) in [7, 11) is 0. The maximum absolute atomic E-state index is 2.53. The van der Waals surface area contributed by atoms with Crippen LogP contribution >= 0.6 is 0 Å². The van der Waals surface area contributed by atoms with Crippen molar-refractivity contribution >= 4 is 0 Å². The highest BCUT2D eigenvalue weighted by atomic mass is 14.3. The zero-order valence-corrected chi connectivity index (χ0v) is 11.2. The molecule has 2 aliphatic carbocycles. The summed E-state index contributed by atoms with van der Waals surface area (Å²) in [4.78, 5) is 0. The highest BCUT2D eigenvalue weighted by Crippen LogP contribution is 2.38. The quantitative estimate of drug-likeness (QED) is 0.563. The highest BCUT2D eigenvalue weighted by molar-refractivity contribution is 5.33. The van der Waals surface area contributed by atoms with Crippen molar-refractivity contribution in [2.24, 2.45) is 11.3 Å². The fraction of sp³-hybridized carbons (Fsp3) is 0.750. The van der Waals surface area contributed by atoms with Gasteiger partial charge in [-0.1, -0.05) is 57.8 Å². The van der Waals surface area contributed by atoms with Gasteiger partial charge in [0.1, 0.15) is 0 Å². The Morgan fingerprint density at radius 2 is 1.75 bits per heavy atom. The number of hydrogen-bond donors (Lipinski definition) is 0. The van der Waals surface area contributed by atoms with Gasteiger partial charge in [-0.15, -0.1) is 0 Å². The van der Waals surface area contributed by atoms with E-state index < -0.39 is 0 Å². The van der Waals surface area contributed by atoms with Gasteiger partial charge in [-0.25, -0.2) is 0 Å². The van der Waals surface area contributed by atoms with Crippen LogP contribution in [0.5, 0.6) is 0 Å². The van der Waals surface area contributed by atoms with E-state index in [4.69, 9.17) is 0 Å². The Labute approximate surface area is 101 Å². The van der Waals surface area contributed by atoms with Gasteiger partial charge >= 0.3 is 0 Å². The molecule has 0 N–H and O–H groups in total. The van der Waals surface area contributed by atoms with E-state index in [2.05, 4.69) is 32.9 Å². The second-order valence-electron chi connectivity index (χ2n) is 6.50. The van der Waals surface area contributed by atoms with Crippen LogP contribution in [0.1, 0.15) is 65.7 Å². The molecule has 16 heavy (non-hydrogen) atoms. The van der Waals surface area contributed by atoms with E-state index in [0.717, 1.165) is 5.92 Å². The van der Waals surface area contributed by atoms with E-state index in [1.54, 1.807) is 11.1 Å².